The molecule has 5 aromatic rings. The summed E-state index contributed by atoms with van der Waals surface area (Å²) in [5.41, 5.74) is 2.35. The van der Waals surface area contributed by atoms with Crippen molar-refractivity contribution in [3.05, 3.63) is 96.0 Å². The average molecular weight is 485 g/mol. The Hall–Kier alpha value is -4.66. The number of hydrogen-bond donors (Lipinski definition) is 1. The van der Waals surface area contributed by atoms with E-state index < -0.39 is 11.6 Å². The van der Waals surface area contributed by atoms with E-state index in [1.807, 2.05) is 24.3 Å². The fourth-order valence-electron chi connectivity index (χ4n) is 3.92. The van der Waals surface area contributed by atoms with Gasteiger partial charge in [0.2, 0.25) is 0 Å². The maximum Gasteiger partial charge on any atom is 0.183 e. The molecule has 3 heterocycles. The van der Waals surface area contributed by atoms with E-state index in [-0.39, 0.29) is 12.1 Å². The first-order valence-electron chi connectivity index (χ1n) is 11.2. The van der Waals surface area contributed by atoms with E-state index in [1.54, 1.807) is 54.5 Å². The first kappa shape index (κ1) is 23.1. The number of pyridine rings is 1. The Bertz CT molecular complexity index is 1540. The number of nitrogens with one attached hydrogen (secondary N) is 1. The van der Waals surface area contributed by atoms with Crippen LogP contribution in [0.1, 0.15) is 18.1 Å². The lowest BCUT2D eigenvalue weighted by atomic mass is 10.1. The van der Waals surface area contributed by atoms with Gasteiger partial charge in [0.25, 0.3) is 0 Å². The maximum absolute atomic E-state index is 14.8. The van der Waals surface area contributed by atoms with Crippen molar-refractivity contribution in [3.8, 4) is 17.3 Å². The molecule has 0 saturated carbocycles. The Morgan fingerprint density at radius 1 is 1.06 bits per heavy atom. The Labute approximate surface area is 206 Å². The van der Waals surface area contributed by atoms with Gasteiger partial charge in [-0.15, -0.1) is 0 Å². The van der Waals surface area contributed by atoms with Gasteiger partial charge in [0.1, 0.15) is 17.3 Å². The molecule has 0 amide bonds. The second-order valence-corrected chi connectivity index (χ2v) is 7.96. The first-order valence-corrected chi connectivity index (χ1v) is 11.2. The van der Waals surface area contributed by atoms with Crippen molar-refractivity contribution in [2.24, 2.45) is 0 Å². The third kappa shape index (κ3) is 4.50. The molecule has 180 valence electrons. The lowest BCUT2D eigenvalue weighted by Gasteiger charge is -2.10. The molecule has 0 bridgehead atoms. The molecular formula is C27H22F2N6O. The Kier molecular flexibility index (Phi) is 6.36. The van der Waals surface area contributed by atoms with E-state index in [4.69, 9.17) is 4.74 Å². The molecule has 36 heavy (non-hydrogen) atoms. The van der Waals surface area contributed by atoms with E-state index >= 15 is 0 Å². The Morgan fingerprint density at radius 2 is 1.81 bits per heavy atom. The number of halogens is 2. The maximum atomic E-state index is 14.8. The second-order valence-electron chi connectivity index (χ2n) is 7.96. The van der Waals surface area contributed by atoms with Crippen LogP contribution in [-0.4, -0.2) is 31.8 Å². The summed E-state index contributed by atoms with van der Waals surface area (Å²) in [7, 11) is 1.53. The van der Waals surface area contributed by atoms with Crippen molar-refractivity contribution in [2.45, 2.75) is 13.5 Å². The normalized spacial score (nSPS) is 11.3. The smallest absolute Gasteiger partial charge is 0.183 e. The number of fused-ring (bicyclic) bond motifs is 1. The van der Waals surface area contributed by atoms with E-state index in [0.29, 0.717) is 34.2 Å². The number of benzene rings is 2. The van der Waals surface area contributed by atoms with Crippen molar-refractivity contribution >= 4 is 28.5 Å². The van der Waals surface area contributed by atoms with Crippen molar-refractivity contribution in [3.63, 3.8) is 0 Å². The summed E-state index contributed by atoms with van der Waals surface area (Å²) >= 11 is 0. The fraction of sp³-hybridized carbons (Fsp3) is 0.111. The van der Waals surface area contributed by atoms with Gasteiger partial charge in [-0.2, -0.15) is 5.10 Å². The van der Waals surface area contributed by atoms with Gasteiger partial charge < -0.3 is 10.1 Å². The first-order chi connectivity index (χ1) is 17.6. The zero-order chi connectivity index (χ0) is 25.1. The van der Waals surface area contributed by atoms with Crippen LogP contribution in [-0.2, 0) is 6.54 Å². The minimum absolute atomic E-state index is 0.0706. The van der Waals surface area contributed by atoms with Gasteiger partial charge >= 0.3 is 0 Å². The van der Waals surface area contributed by atoms with Crippen LogP contribution in [0.5, 0.6) is 5.75 Å². The van der Waals surface area contributed by atoms with Crippen LogP contribution in [0.4, 0.5) is 20.3 Å². The van der Waals surface area contributed by atoms with Crippen LogP contribution in [0, 0.1) is 11.6 Å². The molecule has 9 heteroatoms. The molecule has 0 spiro atoms. The van der Waals surface area contributed by atoms with Gasteiger partial charge in [-0.05, 0) is 42.8 Å². The molecule has 0 fully saturated rings. The molecule has 0 aliphatic heterocycles. The summed E-state index contributed by atoms with van der Waals surface area (Å²) in [6.45, 7) is 1.70. The van der Waals surface area contributed by atoms with Gasteiger partial charge in [0, 0.05) is 29.0 Å². The molecule has 7 nitrogen and oxygen atoms in total. The number of aromatic nitrogens is 5. The topological polar surface area (TPSA) is 77.8 Å². The summed E-state index contributed by atoms with van der Waals surface area (Å²) in [5, 5.41) is 8.62. The SMILES string of the molecule is C/C=C/c1cc(F)c(Cn2nc(-c3ncc(OC)c(Nc4ccncc4)n3)c3ccccc32)c(F)c1. The molecule has 0 saturated heterocycles. The third-order valence-electron chi connectivity index (χ3n) is 5.62. The van der Waals surface area contributed by atoms with Gasteiger partial charge in [-0.1, -0.05) is 30.4 Å². The molecule has 0 radical (unpaired) electrons. The second kappa shape index (κ2) is 9.91. The number of methoxy groups -OCH3 is 1. The lowest BCUT2D eigenvalue weighted by molar-refractivity contribution is 0.413. The number of para-hydroxylation sites is 1. The summed E-state index contributed by atoms with van der Waals surface area (Å²) < 4.78 is 36.6. The van der Waals surface area contributed by atoms with E-state index in [0.717, 1.165) is 11.1 Å². The zero-order valence-electron chi connectivity index (χ0n) is 19.6. The zero-order valence-corrected chi connectivity index (χ0v) is 19.6. The van der Waals surface area contributed by atoms with Crippen molar-refractivity contribution in [1.82, 2.24) is 24.7 Å². The molecule has 0 aliphatic rings. The van der Waals surface area contributed by atoms with Crippen LogP contribution in [0.15, 0.2) is 73.2 Å². The Balaban J connectivity index is 1.57. The highest BCUT2D eigenvalue weighted by Crippen LogP contribution is 2.31. The van der Waals surface area contributed by atoms with Crippen LogP contribution in [0.25, 0.3) is 28.5 Å². The predicted octanol–water partition coefficient (Wildman–Crippen LogP) is 6.00. The number of allylic oxidation sites excluding steroid dienone is 1. The highest BCUT2D eigenvalue weighted by molar-refractivity contribution is 5.92. The van der Waals surface area contributed by atoms with Gasteiger partial charge in [0.15, 0.2) is 17.4 Å². The van der Waals surface area contributed by atoms with Gasteiger partial charge in [-0.3, -0.25) is 9.67 Å². The molecule has 0 atom stereocenters. The number of anilines is 2. The largest absolute Gasteiger partial charge is 0.491 e. The van der Waals surface area contributed by atoms with Crippen LogP contribution < -0.4 is 10.1 Å². The van der Waals surface area contributed by atoms with E-state index in [9.17, 15) is 8.78 Å². The quantitative estimate of drug-likeness (QED) is 0.305. The minimum Gasteiger partial charge on any atom is -0.491 e. The number of rotatable bonds is 7. The number of nitrogens with zero attached hydrogens (tertiary/aromatic N) is 5. The van der Waals surface area contributed by atoms with Crippen molar-refractivity contribution in [1.29, 1.82) is 0 Å². The molecule has 5 rings (SSSR count). The molecule has 0 unspecified atom stereocenters. The highest BCUT2D eigenvalue weighted by Gasteiger charge is 2.19. The predicted molar refractivity (Wildman–Crippen MR) is 135 cm³/mol. The van der Waals surface area contributed by atoms with Crippen LogP contribution in [0.3, 0.4) is 0 Å². The molecule has 2 aromatic carbocycles. The Morgan fingerprint density at radius 3 is 2.53 bits per heavy atom. The highest BCUT2D eigenvalue weighted by atomic mass is 19.1. The number of ether oxygens (including phenoxy) is 1. The van der Waals surface area contributed by atoms with Crippen LogP contribution >= 0.6 is 0 Å². The summed E-state index contributed by atoms with van der Waals surface area (Å²) in [6.07, 6.45) is 8.26. The average Bonchev–Trinajstić information content (AvgIpc) is 3.25. The molecular weight excluding hydrogens is 462 g/mol. The van der Waals surface area contributed by atoms with Crippen molar-refractivity contribution in [2.75, 3.05) is 12.4 Å². The lowest BCUT2D eigenvalue weighted by Crippen LogP contribution is -2.07. The fourth-order valence-corrected chi connectivity index (χ4v) is 3.92. The molecule has 1 N–H and O–H groups in total. The van der Waals surface area contributed by atoms with Crippen molar-refractivity contribution < 1.29 is 13.5 Å². The van der Waals surface area contributed by atoms with E-state index in [2.05, 4.69) is 25.4 Å². The number of hydrogen-bond acceptors (Lipinski definition) is 6. The monoisotopic (exact) mass is 484 g/mol. The summed E-state index contributed by atoms with van der Waals surface area (Å²) in [4.78, 5) is 13.1. The summed E-state index contributed by atoms with van der Waals surface area (Å²) in [6, 6.07) is 13.7. The van der Waals surface area contributed by atoms with Crippen LogP contribution in [0.2, 0.25) is 0 Å². The van der Waals surface area contributed by atoms with E-state index in [1.165, 1.54) is 19.2 Å². The third-order valence-corrected chi connectivity index (χ3v) is 5.62. The van der Waals surface area contributed by atoms with Gasteiger partial charge in [-0.25, -0.2) is 18.7 Å². The summed E-state index contributed by atoms with van der Waals surface area (Å²) in [5.74, 6) is -0.0251. The standard InChI is InChI=1S/C27H22F2N6O/c1-3-6-17-13-21(28)20(22(29)14-17)16-35-23-8-5-4-7-19(23)25(34-35)27-31-15-24(36-2)26(33-27)32-18-9-11-30-12-10-18/h3-15H,16H2,1-2H3,(H,30,31,32,33)/b6-3+. The van der Waals surface area contributed by atoms with Gasteiger partial charge in [0.05, 0.1) is 25.4 Å². The minimum atomic E-state index is -0.631. The molecule has 0 aliphatic carbocycles. The molecule has 3 aromatic heterocycles.